The van der Waals surface area contributed by atoms with Crippen LogP contribution in [-0.2, 0) is 20.0 Å². The molecule has 9 nitrogen and oxygen atoms in total. The maximum absolute atomic E-state index is 12.8. The third-order valence-corrected chi connectivity index (χ3v) is 9.87. The second-order valence-corrected chi connectivity index (χ2v) is 13.2. The Morgan fingerprint density at radius 1 is 0.897 bits per heavy atom. The van der Waals surface area contributed by atoms with E-state index >= 15 is 0 Å². The lowest BCUT2D eigenvalue weighted by Crippen LogP contribution is -2.35. The van der Waals surface area contributed by atoms with Crippen LogP contribution in [0.1, 0.15) is 35.2 Å². The zero-order chi connectivity index (χ0) is 28.0. The number of benzene rings is 3. The molecular weight excluding hydrogens is 562 g/mol. The number of amides is 1. The summed E-state index contributed by atoms with van der Waals surface area (Å²) in [6.07, 6.45) is 2.77. The van der Waals surface area contributed by atoms with Crippen molar-refractivity contribution in [1.29, 1.82) is 0 Å². The van der Waals surface area contributed by atoms with E-state index in [0.717, 1.165) is 24.8 Å². The molecule has 12 heteroatoms. The predicted molar refractivity (Wildman–Crippen MR) is 150 cm³/mol. The molecule has 39 heavy (non-hydrogen) atoms. The van der Waals surface area contributed by atoms with Crippen molar-refractivity contribution in [2.24, 2.45) is 0 Å². The van der Waals surface area contributed by atoms with E-state index in [1.807, 2.05) is 6.92 Å². The molecule has 0 radical (unpaired) electrons. The van der Waals surface area contributed by atoms with Crippen molar-refractivity contribution in [3.05, 3.63) is 82.9 Å². The van der Waals surface area contributed by atoms with Gasteiger partial charge in [0.05, 0.1) is 26.9 Å². The molecule has 0 spiro atoms. The summed E-state index contributed by atoms with van der Waals surface area (Å²) in [6, 6.07) is 16.9. The van der Waals surface area contributed by atoms with Crippen molar-refractivity contribution in [3.63, 3.8) is 0 Å². The summed E-state index contributed by atoms with van der Waals surface area (Å²) in [5.74, 6) is -0.0321. The molecule has 3 aromatic carbocycles. The smallest absolute Gasteiger partial charge is 0.261 e. The first-order valence-corrected chi connectivity index (χ1v) is 15.8. The number of nitrogens with zero attached hydrogens (tertiary/aromatic N) is 1. The van der Waals surface area contributed by atoms with E-state index in [4.69, 9.17) is 16.3 Å². The predicted octanol–water partition coefficient (Wildman–Crippen LogP) is 4.43. The van der Waals surface area contributed by atoms with Gasteiger partial charge in [0.15, 0.2) is 0 Å². The van der Waals surface area contributed by atoms with Crippen molar-refractivity contribution < 1.29 is 26.4 Å². The Bertz CT molecular complexity index is 1520. The highest BCUT2D eigenvalue weighted by Gasteiger charge is 2.25. The fraction of sp³-hybridized carbons (Fsp3) is 0.296. The quantitative estimate of drug-likeness (QED) is 0.336. The maximum atomic E-state index is 12.8. The zero-order valence-corrected chi connectivity index (χ0v) is 23.8. The minimum Gasteiger partial charge on any atom is -0.492 e. The van der Waals surface area contributed by atoms with E-state index in [1.54, 1.807) is 24.3 Å². The fourth-order valence-electron chi connectivity index (χ4n) is 4.09. The lowest BCUT2D eigenvalue weighted by Gasteiger charge is -2.25. The van der Waals surface area contributed by atoms with E-state index in [2.05, 4.69) is 10.0 Å². The van der Waals surface area contributed by atoms with Gasteiger partial charge in [0.2, 0.25) is 10.0 Å². The highest BCUT2D eigenvalue weighted by molar-refractivity contribution is 7.92. The molecule has 0 unspecified atom stereocenters. The lowest BCUT2D eigenvalue weighted by molar-refractivity contribution is 0.0947. The minimum atomic E-state index is -3.84. The highest BCUT2D eigenvalue weighted by atomic mass is 35.5. The first kappa shape index (κ1) is 28.9. The Balaban J connectivity index is 1.31. The van der Waals surface area contributed by atoms with E-state index in [0.29, 0.717) is 18.8 Å². The van der Waals surface area contributed by atoms with E-state index in [9.17, 15) is 21.6 Å². The van der Waals surface area contributed by atoms with Crippen molar-refractivity contribution in [2.75, 3.05) is 31.0 Å². The van der Waals surface area contributed by atoms with Crippen LogP contribution in [0.3, 0.4) is 0 Å². The topological polar surface area (TPSA) is 122 Å². The second kappa shape index (κ2) is 12.4. The second-order valence-electron chi connectivity index (χ2n) is 9.15. The average Bonchev–Trinajstić information content (AvgIpc) is 2.93. The number of anilines is 1. The largest absolute Gasteiger partial charge is 0.492 e. The van der Waals surface area contributed by atoms with Gasteiger partial charge in [0.25, 0.3) is 15.9 Å². The molecule has 1 heterocycles. The van der Waals surface area contributed by atoms with Crippen LogP contribution in [0.5, 0.6) is 5.75 Å². The van der Waals surface area contributed by atoms with Gasteiger partial charge in [-0.25, -0.2) is 16.8 Å². The molecule has 1 fully saturated rings. The van der Waals surface area contributed by atoms with Crippen LogP contribution >= 0.6 is 11.6 Å². The average molecular weight is 592 g/mol. The number of aryl methyl sites for hydroxylation is 1. The van der Waals surface area contributed by atoms with Crippen molar-refractivity contribution >= 4 is 43.2 Å². The van der Waals surface area contributed by atoms with Crippen LogP contribution in [0, 0.1) is 6.92 Å². The maximum Gasteiger partial charge on any atom is 0.261 e. The van der Waals surface area contributed by atoms with E-state index in [1.165, 1.54) is 46.8 Å². The number of nitrogens with one attached hydrogen (secondary N) is 2. The number of sulfonamides is 2. The summed E-state index contributed by atoms with van der Waals surface area (Å²) >= 11 is 6.19. The molecule has 2 N–H and O–H groups in total. The van der Waals surface area contributed by atoms with Gasteiger partial charge in [-0.2, -0.15) is 4.31 Å². The summed E-state index contributed by atoms with van der Waals surface area (Å²) in [6.45, 7) is 3.19. The molecule has 3 aromatic rings. The van der Waals surface area contributed by atoms with Gasteiger partial charge in [-0.3, -0.25) is 9.52 Å². The van der Waals surface area contributed by atoms with Crippen LogP contribution in [-0.4, -0.2) is 53.3 Å². The highest BCUT2D eigenvalue weighted by Crippen LogP contribution is 2.24. The van der Waals surface area contributed by atoms with Gasteiger partial charge in [-0.1, -0.05) is 35.7 Å². The molecule has 4 rings (SSSR count). The van der Waals surface area contributed by atoms with Gasteiger partial charge in [-0.15, -0.1) is 0 Å². The molecule has 208 valence electrons. The van der Waals surface area contributed by atoms with Gasteiger partial charge in [0, 0.05) is 18.8 Å². The summed E-state index contributed by atoms with van der Waals surface area (Å²) in [7, 11) is -7.36. The monoisotopic (exact) mass is 591 g/mol. The molecule has 1 saturated heterocycles. The number of ether oxygens (including phenoxy) is 1. The Morgan fingerprint density at radius 2 is 1.54 bits per heavy atom. The lowest BCUT2D eigenvalue weighted by atomic mass is 10.2. The third kappa shape index (κ3) is 7.30. The van der Waals surface area contributed by atoms with Crippen LogP contribution in [0.4, 0.5) is 5.69 Å². The SMILES string of the molecule is Cc1ccc(S(=O)(=O)Nc2ccc(Cl)c(C(=O)NCCOc3ccc(S(=O)(=O)N4CCCCC4)cc3)c2)cc1. The summed E-state index contributed by atoms with van der Waals surface area (Å²) in [4.78, 5) is 13.0. The van der Waals surface area contributed by atoms with Crippen LogP contribution < -0.4 is 14.8 Å². The molecular formula is C27H30ClN3O6S2. The molecule has 1 aliphatic heterocycles. The number of hydrogen-bond acceptors (Lipinski definition) is 6. The Morgan fingerprint density at radius 3 is 2.21 bits per heavy atom. The number of hydrogen-bond donors (Lipinski definition) is 2. The normalized spacial score (nSPS) is 14.5. The van der Waals surface area contributed by atoms with Crippen LogP contribution in [0.25, 0.3) is 0 Å². The van der Waals surface area contributed by atoms with Crippen molar-refractivity contribution in [1.82, 2.24) is 9.62 Å². The molecule has 0 atom stereocenters. The Hall–Kier alpha value is -3.12. The zero-order valence-electron chi connectivity index (χ0n) is 21.4. The van der Waals surface area contributed by atoms with Gasteiger partial charge in [-0.05, 0) is 74.4 Å². The molecule has 0 bridgehead atoms. The molecule has 0 aromatic heterocycles. The molecule has 0 aliphatic carbocycles. The van der Waals surface area contributed by atoms with Crippen LogP contribution in [0.15, 0.2) is 76.5 Å². The van der Waals surface area contributed by atoms with Gasteiger partial charge >= 0.3 is 0 Å². The molecule has 0 saturated carbocycles. The summed E-state index contributed by atoms with van der Waals surface area (Å²) < 4.78 is 60.5. The third-order valence-electron chi connectivity index (χ3n) is 6.23. The van der Waals surface area contributed by atoms with Crippen molar-refractivity contribution in [3.8, 4) is 5.75 Å². The minimum absolute atomic E-state index is 0.100. The number of halogens is 1. The van der Waals surface area contributed by atoms with Gasteiger partial charge in [0.1, 0.15) is 12.4 Å². The van der Waals surface area contributed by atoms with Gasteiger partial charge < -0.3 is 10.1 Å². The van der Waals surface area contributed by atoms with Crippen LogP contribution in [0.2, 0.25) is 5.02 Å². The first-order chi connectivity index (χ1) is 18.6. The van der Waals surface area contributed by atoms with E-state index < -0.39 is 26.0 Å². The Kier molecular flexibility index (Phi) is 9.16. The molecule has 1 amide bonds. The summed E-state index contributed by atoms with van der Waals surface area (Å²) in [5, 5.41) is 2.85. The number of carbonyl (C=O) groups is 1. The number of piperidine rings is 1. The standard InChI is InChI=1S/C27H30ClN3O6S2/c1-20-5-10-23(11-6-20)38(33,34)30-21-7-14-26(28)25(19-21)27(32)29-15-18-37-22-8-12-24(13-9-22)39(35,36)31-16-3-2-4-17-31/h5-14,19,30H,2-4,15-18H2,1H3,(H,29,32). The molecule has 1 aliphatic rings. The number of carbonyl (C=O) groups excluding carboxylic acids is 1. The van der Waals surface area contributed by atoms with E-state index in [-0.39, 0.29) is 39.2 Å². The Labute approximate surface area is 234 Å². The summed E-state index contributed by atoms with van der Waals surface area (Å²) in [5.41, 5.74) is 1.23. The number of rotatable bonds is 10. The van der Waals surface area contributed by atoms with Crippen molar-refractivity contribution in [2.45, 2.75) is 36.0 Å². The first-order valence-electron chi connectivity index (χ1n) is 12.5. The fourth-order valence-corrected chi connectivity index (χ4v) is 6.86.